The van der Waals surface area contributed by atoms with E-state index >= 15 is 4.79 Å². The number of ketones is 2. The highest BCUT2D eigenvalue weighted by Crippen LogP contribution is 2.57. The maximum absolute atomic E-state index is 15.6. The number of carbonyl (C=O) groups excluding carboxylic acids is 2. The topological polar surface area (TPSA) is 93.2 Å². The van der Waals surface area contributed by atoms with Crippen LogP contribution in [0.15, 0.2) is 312 Å². The van der Waals surface area contributed by atoms with Crippen molar-refractivity contribution in [2.75, 3.05) is 9.80 Å². The average Bonchev–Trinajstić information content (AvgIpc) is 1.54. The number of anilines is 6. The summed E-state index contributed by atoms with van der Waals surface area (Å²) in [7, 11) is -4.54. The molecule has 0 saturated carbocycles. The van der Waals surface area contributed by atoms with Crippen molar-refractivity contribution in [2.45, 2.75) is 58.8 Å². The van der Waals surface area contributed by atoms with Crippen LogP contribution in [0.3, 0.4) is 0 Å². The highest BCUT2D eigenvalue weighted by Gasteiger charge is 2.40. The minimum absolute atomic E-state index is 0.00376. The third-order valence-corrected chi connectivity index (χ3v) is 28.7. The Hall–Kier alpha value is -11.3. The van der Waals surface area contributed by atoms with Crippen LogP contribution in [0.25, 0.3) is 110 Å². The maximum atomic E-state index is 15.6. The Bertz CT molecular complexity index is 6680. The standard InChI is InChI=1S/C55H46N2O3Si2.C25H10Br2O3.C16H19Si/c1-61(2,3)39-29-25-37(26-30-39)56(35-17-9-7-10-18-35)45-33-44-52(55-49(45)41-21-13-15-23-47(41)60-55)50-43(53(44)58)34-46(54-51(50)42-22-14-16-24-48(42)59-54)57(36-19-11-8-12-20-36)38-27-31-40(32-28-38)62(4,5)6;26-15-9-14-22(25-19(15)11-5-1-3-7-17(11)30-25)20-13(23(14)28)10-16(27)24-21(20)12-6-2-4-8-18(12)29-24;1-17(2,3)16-11-9-15(10-12-16)13-14-7-5-4-6-8-14/h7-34H,1-6H3;1-10H;4-12H,1,13H2,2-3H3/q;;+1. The zero-order chi connectivity index (χ0) is 74.9. The Labute approximate surface area is 652 Å². The summed E-state index contributed by atoms with van der Waals surface area (Å²) in [6.07, 6.45) is 1.01. The Morgan fingerprint density at radius 1 is 0.312 bits per heavy atom. The fraction of sp³-hybridized carbons (Fsp3) is 0.0938. The summed E-state index contributed by atoms with van der Waals surface area (Å²) in [4.78, 5) is 33.5. The van der Waals surface area contributed by atoms with Crippen LogP contribution in [0, 0.1) is 6.55 Å². The van der Waals surface area contributed by atoms with Gasteiger partial charge in [-0.2, -0.15) is 0 Å². The van der Waals surface area contributed by atoms with Gasteiger partial charge in [-0.1, -0.05) is 238 Å². The summed E-state index contributed by atoms with van der Waals surface area (Å²) in [5, 5.41) is 11.9. The van der Waals surface area contributed by atoms with Crippen molar-refractivity contribution < 1.29 is 27.3 Å². The monoisotopic (exact) mass is 1590 g/mol. The van der Waals surface area contributed by atoms with Crippen molar-refractivity contribution >= 4 is 205 Å². The third kappa shape index (κ3) is 12.0. The third-order valence-electron chi connectivity index (χ3n) is 21.4. The smallest absolute Gasteiger partial charge is 0.291 e. The van der Waals surface area contributed by atoms with Crippen LogP contribution in [0.2, 0.25) is 52.4 Å². The van der Waals surface area contributed by atoms with Crippen molar-refractivity contribution in [1.82, 2.24) is 0 Å². The summed E-state index contributed by atoms with van der Waals surface area (Å²) in [6.45, 7) is 23.1. The second-order valence-corrected chi connectivity index (χ2v) is 47.5. The quantitative estimate of drug-likeness (QED) is 0.0934. The molecule has 0 amide bonds. The molecular weight excluding hydrogens is 1520 g/mol. The van der Waals surface area contributed by atoms with E-state index in [1.54, 1.807) is 0 Å². The molecule has 0 N–H and O–H groups in total. The van der Waals surface area contributed by atoms with Gasteiger partial charge in [0.15, 0.2) is 17.1 Å². The van der Waals surface area contributed by atoms with Crippen LogP contribution in [0.1, 0.15) is 43.0 Å². The summed E-state index contributed by atoms with van der Waals surface area (Å²) in [6, 6.07) is 98.5. The van der Waals surface area contributed by atoms with Gasteiger partial charge in [-0.3, -0.25) is 9.59 Å². The van der Waals surface area contributed by atoms with Gasteiger partial charge in [-0.05, 0) is 165 Å². The predicted octanol–water partition coefficient (Wildman–Crippen LogP) is 26.5. The van der Waals surface area contributed by atoms with Gasteiger partial charge in [0.25, 0.3) is 8.07 Å². The maximum Gasteiger partial charge on any atom is 0.291 e. The van der Waals surface area contributed by atoms with Crippen molar-refractivity contribution in [3.63, 3.8) is 0 Å². The summed E-state index contributed by atoms with van der Waals surface area (Å²) >= 11 is 7.29. The molecule has 109 heavy (non-hydrogen) atoms. The average molecular weight is 1600 g/mol. The van der Waals surface area contributed by atoms with E-state index in [4.69, 9.17) is 17.7 Å². The molecule has 530 valence electrons. The fourth-order valence-electron chi connectivity index (χ4n) is 16.0. The highest BCUT2D eigenvalue weighted by molar-refractivity contribution is 9.11. The van der Waals surface area contributed by atoms with Crippen LogP contribution in [-0.2, 0) is 6.42 Å². The number of para-hydroxylation sites is 6. The fourth-order valence-corrected chi connectivity index (χ4v) is 20.5. The normalized spacial score (nSPS) is 12.6. The van der Waals surface area contributed by atoms with E-state index in [-0.39, 0.29) is 11.6 Å². The molecule has 2 aliphatic rings. The molecule has 0 spiro atoms. The second kappa shape index (κ2) is 26.8. The summed E-state index contributed by atoms with van der Waals surface area (Å²) in [5.74, 6) is -0.0489. The Morgan fingerprint density at radius 2 is 0.642 bits per heavy atom. The first-order valence-electron chi connectivity index (χ1n) is 36.9. The van der Waals surface area contributed by atoms with Crippen molar-refractivity contribution in [3.05, 3.63) is 334 Å². The van der Waals surface area contributed by atoms with Crippen LogP contribution in [-0.4, -0.2) is 35.8 Å². The van der Waals surface area contributed by atoms with Crippen molar-refractivity contribution in [2.24, 2.45) is 0 Å². The van der Waals surface area contributed by atoms with Gasteiger partial charge in [0.1, 0.15) is 39.1 Å². The molecule has 0 unspecified atom stereocenters. The lowest BCUT2D eigenvalue weighted by Gasteiger charge is -2.28. The molecule has 0 fully saturated rings. The number of furan rings is 4. The molecule has 0 aliphatic heterocycles. The Morgan fingerprint density at radius 3 is 1.12 bits per heavy atom. The Balaban J connectivity index is 0.000000145. The minimum Gasteiger partial charge on any atom is -0.455 e. The van der Waals surface area contributed by atoms with Gasteiger partial charge >= 0.3 is 0 Å². The molecule has 13 heteroatoms. The van der Waals surface area contributed by atoms with Crippen molar-refractivity contribution in [3.8, 4) is 22.3 Å². The number of fused-ring (bicyclic) bond motifs is 22. The number of hydrogen-bond acceptors (Lipinski definition) is 8. The van der Waals surface area contributed by atoms with E-state index in [1.807, 2.05) is 103 Å². The van der Waals surface area contributed by atoms with Gasteiger partial charge in [0, 0.05) is 116 Å². The molecule has 2 aliphatic carbocycles. The predicted molar refractivity (Wildman–Crippen MR) is 469 cm³/mol. The number of hydrogen-bond donors (Lipinski definition) is 0. The molecule has 20 rings (SSSR count). The summed E-state index contributed by atoms with van der Waals surface area (Å²) in [5.41, 5.74) is 20.3. The first-order chi connectivity index (χ1) is 52.6. The molecule has 0 radical (unpaired) electrons. The van der Waals surface area contributed by atoms with E-state index < -0.39 is 24.2 Å². The highest BCUT2D eigenvalue weighted by atomic mass is 79.9. The van der Waals surface area contributed by atoms with Gasteiger partial charge < -0.3 is 27.5 Å². The molecule has 4 heterocycles. The van der Waals surface area contributed by atoms with Gasteiger partial charge in [-0.15, -0.1) is 0 Å². The van der Waals surface area contributed by atoms with E-state index in [1.165, 1.54) is 26.7 Å². The summed E-state index contributed by atoms with van der Waals surface area (Å²) < 4.78 is 28.1. The zero-order valence-electron chi connectivity index (χ0n) is 61.6. The number of rotatable bonds is 11. The first kappa shape index (κ1) is 69.4. The number of carbonyl (C=O) groups is 2. The molecule has 0 atom stereocenters. The molecule has 14 aromatic carbocycles. The lowest BCUT2D eigenvalue weighted by Crippen LogP contribution is -2.38. The lowest BCUT2D eigenvalue weighted by atomic mass is 9.95. The Kier molecular flexibility index (Phi) is 17.1. The zero-order valence-corrected chi connectivity index (χ0v) is 67.8. The largest absolute Gasteiger partial charge is 0.455 e. The SMILES string of the molecule is C[Si](C)(C)c1ccc(N(c2ccccc2)c2cc3c(c4c2oc2ccccc24)-c2c(cc(N(c4ccccc4)c4ccc([Si](C)(C)C)cc4)c4c2oc2ccccc24)C3=O)cc1.O=C1c2cc(Br)c3c(oc4ccccc43)c2-c2c1cc(Br)c1oc3ccccc3c21.[CH2+][Si](C)(C)c1ccc(Cc2ccccc2)cc1. The van der Waals surface area contributed by atoms with E-state index in [0.717, 1.165) is 148 Å². The molecule has 4 aromatic heterocycles. The first-order valence-corrected chi connectivity index (χ1v) is 48.7. The van der Waals surface area contributed by atoms with E-state index in [2.05, 4.69) is 283 Å². The van der Waals surface area contributed by atoms with Crippen LogP contribution in [0.4, 0.5) is 34.1 Å². The van der Waals surface area contributed by atoms with Gasteiger partial charge in [0.2, 0.25) is 0 Å². The molecule has 0 bridgehead atoms. The molecule has 0 saturated heterocycles. The number of nitrogens with zero attached hydrogens (tertiary/aromatic N) is 2. The molecule has 18 aromatic rings. The van der Waals surface area contributed by atoms with Gasteiger partial charge in [0.05, 0.1) is 37.4 Å². The minimum atomic E-state index is -1.57. The second-order valence-electron chi connectivity index (χ2n) is 31.2. The van der Waals surface area contributed by atoms with E-state index in [9.17, 15) is 4.79 Å². The lowest BCUT2D eigenvalue weighted by molar-refractivity contribution is 0.103. The van der Waals surface area contributed by atoms with E-state index in [0.29, 0.717) is 33.4 Å². The van der Waals surface area contributed by atoms with Crippen molar-refractivity contribution in [1.29, 1.82) is 0 Å². The molecule has 8 nitrogen and oxygen atoms in total. The van der Waals surface area contributed by atoms with Gasteiger partial charge in [-0.25, -0.2) is 0 Å². The van der Waals surface area contributed by atoms with Crippen LogP contribution in [0.5, 0.6) is 0 Å². The number of halogens is 2. The number of benzene rings is 14. The molecular formula is C96H75Br2N2O6Si3+. The van der Waals surface area contributed by atoms with Crippen LogP contribution < -0.4 is 25.4 Å². The van der Waals surface area contributed by atoms with Crippen LogP contribution >= 0.6 is 31.9 Å².